The number of H-pyrrole nitrogens is 1. The van der Waals surface area contributed by atoms with E-state index in [9.17, 15) is 14.9 Å². The van der Waals surface area contributed by atoms with Crippen molar-refractivity contribution in [3.8, 4) is 11.5 Å². The van der Waals surface area contributed by atoms with E-state index in [0.29, 0.717) is 54.0 Å². The van der Waals surface area contributed by atoms with Gasteiger partial charge in [-0.1, -0.05) is 41.4 Å². The van der Waals surface area contributed by atoms with Crippen molar-refractivity contribution in [1.29, 1.82) is 0 Å². The van der Waals surface area contributed by atoms with Crippen LogP contribution >= 0.6 is 23.5 Å². The average Bonchev–Trinajstić information content (AvgIpc) is 3.74. The lowest BCUT2D eigenvalue weighted by atomic mass is 9.68. The summed E-state index contributed by atoms with van der Waals surface area (Å²) in [6, 6.07) is 22.5. The number of halogens is 1. The number of anilines is 1. The molecule has 2 saturated heterocycles. The van der Waals surface area contributed by atoms with Crippen LogP contribution in [0.4, 0.5) is 11.4 Å². The number of amides is 1. The highest BCUT2D eigenvalue weighted by molar-refractivity contribution is 7.98. The summed E-state index contributed by atoms with van der Waals surface area (Å²) < 4.78 is 26.1. The van der Waals surface area contributed by atoms with Crippen LogP contribution in [0, 0.1) is 15.5 Å². The Hall–Kier alpha value is -5.22. The first-order valence-electron chi connectivity index (χ1n) is 20.2. The Labute approximate surface area is 356 Å². The van der Waals surface area contributed by atoms with Gasteiger partial charge in [0.1, 0.15) is 22.8 Å². The SMILES string of the molecule is O=C(NSc1ccc(NCC2COCCO2)c([N+](=O)[O-])c1)c1ccc(C2=CCN(CC3=C(c4ccc(Cl)cc4)CC4(CC3)COC4)CC2)cc1Oc1cnc2[nH]ccc2c1. The highest BCUT2D eigenvalue weighted by Crippen LogP contribution is 2.48. The van der Waals surface area contributed by atoms with Crippen molar-refractivity contribution in [2.45, 2.75) is 36.7 Å². The number of hydrogen-bond donors (Lipinski definition) is 3. The molecule has 1 atom stereocenters. The number of fused-ring (bicyclic) bond motifs is 1. The van der Waals surface area contributed by atoms with Crippen molar-refractivity contribution in [3.05, 3.63) is 129 Å². The molecule has 0 saturated carbocycles. The lowest BCUT2D eigenvalue weighted by Gasteiger charge is -2.46. The van der Waals surface area contributed by atoms with Gasteiger partial charge in [-0.15, -0.1) is 0 Å². The van der Waals surface area contributed by atoms with Gasteiger partial charge in [0, 0.05) is 59.2 Å². The van der Waals surface area contributed by atoms with Gasteiger partial charge in [0.2, 0.25) is 0 Å². The molecule has 0 radical (unpaired) electrons. The average molecular weight is 849 g/mol. The van der Waals surface area contributed by atoms with E-state index in [1.54, 1.807) is 24.4 Å². The molecule has 5 heterocycles. The predicted molar refractivity (Wildman–Crippen MR) is 233 cm³/mol. The van der Waals surface area contributed by atoms with Crippen molar-refractivity contribution >= 4 is 63.0 Å². The summed E-state index contributed by atoms with van der Waals surface area (Å²) in [6.07, 6.45) is 9.60. The van der Waals surface area contributed by atoms with E-state index in [2.05, 4.69) is 43.1 Å². The van der Waals surface area contributed by atoms with Crippen LogP contribution in [0.15, 0.2) is 102 Å². The molecule has 13 nitrogen and oxygen atoms in total. The third-order valence-electron chi connectivity index (χ3n) is 11.7. The summed E-state index contributed by atoms with van der Waals surface area (Å²) in [5.41, 5.74) is 7.87. The number of nitro benzene ring substituents is 1. The number of rotatable bonds is 13. The van der Waals surface area contributed by atoms with Gasteiger partial charge >= 0.3 is 0 Å². The van der Waals surface area contributed by atoms with E-state index in [-0.39, 0.29) is 17.2 Å². The summed E-state index contributed by atoms with van der Waals surface area (Å²) in [7, 11) is 0. The maximum Gasteiger partial charge on any atom is 0.293 e. The molecule has 60 heavy (non-hydrogen) atoms. The fraction of sp³-hybridized carbons (Fsp3) is 0.333. The summed E-state index contributed by atoms with van der Waals surface area (Å²) in [5.74, 6) is 0.452. The van der Waals surface area contributed by atoms with Crippen LogP contribution in [-0.4, -0.2) is 91.0 Å². The number of aromatic nitrogens is 2. The molecule has 3 N–H and O–H groups in total. The molecular weight excluding hydrogens is 804 g/mol. The van der Waals surface area contributed by atoms with Crippen LogP contribution in [0.25, 0.3) is 22.2 Å². The molecular formula is C45H45ClN6O7S. The number of benzene rings is 3. The van der Waals surface area contributed by atoms with E-state index in [0.717, 1.165) is 92.1 Å². The minimum Gasteiger partial charge on any atom is -0.455 e. The van der Waals surface area contributed by atoms with Gasteiger partial charge in [-0.2, -0.15) is 0 Å². The standard InChI is InChI=1S/C45H45ClN6O7S/c46-34-4-1-30(2-5-34)39-22-45(27-57-28-45)13-9-33(39)25-51-15-11-29(12-16-51)31-3-7-38(42(20-31)59-35-19-32-10-14-47-43(32)49-23-35)44(53)50-60-37-6-8-40(41(21-37)52(54)55)48-24-36-26-56-17-18-58-36/h1-8,10-11,14,19-21,23,36,48H,9,12-13,15-18,22,24-28H2,(H,47,49)(H,50,53). The van der Waals surface area contributed by atoms with Crippen LogP contribution in [0.5, 0.6) is 11.5 Å². The van der Waals surface area contributed by atoms with E-state index in [1.165, 1.54) is 28.3 Å². The molecule has 5 aromatic rings. The molecule has 9 rings (SSSR count). The molecule has 310 valence electrons. The van der Waals surface area contributed by atoms with Gasteiger partial charge in [0.05, 0.1) is 55.8 Å². The van der Waals surface area contributed by atoms with E-state index < -0.39 is 10.8 Å². The molecule has 3 aromatic carbocycles. The van der Waals surface area contributed by atoms with Crippen LogP contribution in [-0.2, 0) is 14.2 Å². The quantitative estimate of drug-likeness (QED) is 0.0592. The molecule has 1 amide bonds. The van der Waals surface area contributed by atoms with Gasteiger partial charge in [0.25, 0.3) is 11.6 Å². The third-order valence-corrected chi connectivity index (χ3v) is 12.7. The Morgan fingerprint density at radius 1 is 1.05 bits per heavy atom. The molecule has 15 heteroatoms. The second-order valence-electron chi connectivity index (χ2n) is 15.8. The van der Waals surface area contributed by atoms with Gasteiger partial charge in [-0.3, -0.25) is 24.5 Å². The number of aromatic amines is 1. The number of nitro groups is 1. The summed E-state index contributed by atoms with van der Waals surface area (Å²) in [6.45, 7) is 6.08. The Bertz CT molecular complexity index is 2460. The van der Waals surface area contributed by atoms with Crippen molar-refractivity contribution < 1.29 is 28.7 Å². The van der Waals surface area contributed by atoms with Gasteiger partial charge in [0.15, 0.2) is 0 Å². The second kappa shape index (κ2) is 17.8. The Balaban J connectivity index is 0.916. The molecule has 4 aliphatic rings. The number of nitrogens with zero attached hydrogens (tertiary/aromatic N) is 3. The van der Waals surface area contributed by atoms with Crippen molar-refractivity contribution in [2.24, 2.45) is 5.41 Å². The lowest BCUT2D eigenvalue weighted by molar-refractivity contribution is -0.384. The van der Waals surface area contributed by atoms with Crippen molar-refractivity contribution in [1.82, 2.24) is 19.6 Å². The maximum absolute atomic E-state index is 13.8. The molecule has 0 bridgehead atoms. The number of hydrogen-bond acceptors (Lipinski definition) is 11. The summed E-state index contributed by atoms with van der Waals surface area (Å²) in [4.78, 5) is 36.0. The minimum absolute atomic E-state index is 0.110. The summed E-state index contributed by atoms with van der Waals surface area (Å²) in [5, 5.41) is 16.7. The normalized spacial score (nSPS) is 19.1. The van der Waals surface area contributed by atoms with E-state index in [4.69, 9.17) is 30.5 Å². The van der Waals surface area contributed by atoms with Crippen LogP contribution < -0.4 is 14.8 Å². The first kappa shape index (κ1) is 40.2. The molecule has 1 spiro atoms. The third kappa shape index (κ3) is 9.09. The molecule has 1 unspecified atom stereocenters. The number of carbonyl (C=O) groups is 1. The monoisotopic (exact) mass is 848 g/mol. The van der Waals surface area contributed by atoms with Crippen LogP contribution in [0.2, 0.25) is 5.02 Å². The highest BCUT2D eigenvalue weighted by Gasteiger charge is 2.42. The largest absolute Gasteiger partial charge is 0.455 e. The Morgan fingerprint density at radius 2 is 1.92 bits per heavy atom. The summed E-state index contributed by atoms with van der Waals surface area (Å²) >= 11 is 7.26. The van der Waals surface area contributed by atoms with Crippen LogP contribution in [0.1, 0.15) is 47.2 Å². The molecule has 3 aliphatic heterocycles. The van der Waals surface area contributed by atoms with Gasteiger partial charge in [-0.25, -0.2) is 4.98 Å². The fourth-order valence-corrected chi connectivity index (χ4v) is 9.07. The zero-order valence-electron chi connectivity index (χ0n) is 32.9. The number of pyridine rings is 1. The zero-order chi connectivity index (χ0) is 41.1. The lowest BCUT2D eigenvalue weighted by Crippen LogP contribution is -2.45. The number of nitrogens with one attached hydrogen (secondary N) is 3. The first-order chi connectivity index (χ1) is 29.3. The van der Waals surface area contributed by atoms with E-state index >= 15 is 0 Å². The Morgan fingerprint density at radius 3 is 2.68 bits per heavy atom. The maximum atomic E-state index is 13.8. The van der Waals surface area contributed by atoms with Crippen molar-refractivity contribution in [3.63, 3.8) is 0 Å². The van der Waals surface area contributed by atoms with Crippen molar-refractivity contribution in [2.75, 3.05) is 64.5 Å². The van der Waals surface area contributed by atoms with Gasteiger partial charge in [-0.05, 0) is 108 Å². The number of allylic oxidation sites excluding steroid dienone is 1. The topological polar surface area (TPSA) is 153 Å². The Kier molecular flexibility index (Phi) is 11.9. The molecule has 1 aliphatic carbocycles. The van der Waals surface area contributed by atoms with Crippen LogP contribution in [0.3, 0.4) is 0 Å². The van der Waals surface area contributed by atoms with Gasteiger partial charge < -0.3 is 29.2 Å². The molecule has 2 aromatic heterocycles. The minimum atomic E-state index is -0.447. The fourth-order valence-electron chi connectivity index (χ4n) is 8.32. The number of ether oxygens (including phenoxy) is 4. The van der Waals surface area contributed by atoms with E-state index in [1.807, 2.05) is 42.6 Å². The first-order valence-corrected chi connectivity index (χ1v) is 21.4. The molecule has 2 fully saturated rings. The number of carbonyl (C=O) groups excluding carboxylic acids is 1. The smallest absolute Gasteiger partial charge is 0.293 e. The predicted octanol–water partition coefficient (Wildman–Crippen LogP) is 8.92. The zero-order valence-corrected chi connectivity index (χ0v) is 34.5. The highest BCUT2D eigenvalue weighted by atomic mass is 35.5. The second-order valence-corrected chi connectivity index (χ2v) is 17.1.